The first-order chi connectivity index (χ1) is 8.85. The van der Waals surface area contributed by atoms with E-state index in [1.165, 1.54) is 0 Å². The minimum atomic E-state index is -0.464. The molecule has 5 nitrogen and oxygen atoms in total. The molecular weight excluding hydrogens is 248 g/mol. The van der Waals surface area contributed by atoms with Crippen molar-refractivity contribution in [3.05, 3.63) is 0 Å². The van der Waals surface area contributed by atoms with Crippen LogP contribution in [-0.4, -0.2) is 38.4 Å². The molecule has 0 saturated carbocycles. The van der Waals surface area contributed by atoms with Gasteiger partial charge in [0.05, 0.1) is 13.2 Å². The van der Waals surface area contributed by atoms with Crippen molar-refractivity contribution in [1.82, 2.24) is 0 Å². The SMILES string of the molecule is CCCCCOC(=O)COCC(=O)OCC(C)(C)C. The number of carbonyl (C=O) groups is 2. The van der Waals surface area contributed by atoms with Crippen LogP contribution in [0.2, 0.25) is 0 Å². The molecule has 0 bridgehead atoms. The molecule has 0 aliphatic rings. The van der Waals surface area contributed by atoms with E-state index in [0.29, 0.717) is 13.2 Å². The topological polar surface area (TPSA) is 61.8 Å². The Balaban J connectivity index is 3.51. The van der Waals surface area contributed by atoms with Crippen LogP contribution >= 0.6 is 0 Å². The van der Waals surface area contributed by atoms with Gasteiger partial charge in [0.25, 0.3) is 0 Å². The van der Waals surface area contributed by atoms with Crippen LogP contribution in [-0.2, 0) is 23.8 Å². The Morgan fingerprint density at radius 2 is 1.53 bits per heavy atom. The van der Waals surface area contributed by atoms with E-state index in [0.717, 1.165) is 19.3 Å². The molecule has 0 saturated heterocycles. The number of unbranched alkanes of at least 4 members (excludes halogenated alkanes) is 2. The standard InChI is InChI=1S/C14H26O5/c1-5-6-7-8-18-12(15)9-17-10-13(16)19-11-14(2,3)4/h5-11H2,1-4H3. The zero-order chi connectivity index (χ0) is 14.7. The zero-order valence-electron chi connectivity index (χ0n) is 12.5. The minimum absolute atomic E-state index is 0.0755. The second-order valence-corrected chi connectivity index (χ2v) is 5.64. The lowest BCUT2D eigenvalue weighted by molar-refractivity contribution is -0.157. The summed E-state index contributed by atoms with van der Waals surface area (Å²) in [5.41, 5.74) is -0.0755. The van der Waals surface area contributed by atoms with Gasteiger partial charge in [0.15, 0.2) is 0 Å². The third-order valence-corrected chi connectivity index (χ3v) is 2.12. The maximum Gasteiger partial charge on any atom is 0.332 e. The monoisotopic (exact) mass is 274 g/mol. The van der Waals surface area contributed by atoms with E-state index in [2.05, 4.69) is 6.92 Å². The van der Waals surface area contributed by atoms with Crippen LogP contribution < -0.4 is 0 Å². The lowest BCUT2D eigenvalue weighted by Crippen LogP contribution is -2.23. The largest absolute Gasteiger partial charge is 0.464 e. The fraction of sp³-hybridized carbons (Fsp3) is 0.857. The molecule has 5 heteroatoms. The molecule has 0 unspecified atom stereocenters. The maximum atomic E-state index is 11.3. The van der Waals surface area contributed by atoms with E-state index in [9.17, 15) is 9.59 Å². The van der Waals surface area contributed by atoms with Crippen molar-refractivity contribution in [3.8, 4) is 0 Å². The quantitative estimate of drug-likeness (QED) is 0.477. The second kappa shape index (κ2) is 9.78. The summed E-state index contributed by atoms with van der Waals surface area (Å²) in [6.45, 7) is 8.28. The van der Waals surface area contributed by atoms with Gasteiger partial charge in [-0.25, -0.2) is 9.59 Å². The van der Waals surface area contributed by atoms with Gasteiger partial charge in [-0.3, -0.25) is 0 Å². The molecule has 0 amide bonds. The normalized spacial score (nSPS) is 11.2. The van der Waals surface area contributed by atoms with Crippen LogP contribution in [0.5, 0.6) is 0 Å². The molecule has 19 heavy (non-hydrogen) atoms. The van der Waals surface area contributed by atoms with E-state index in [-0.39, 0.29) is 18.6 Å². The van der Waals surface area contributed by atoms with Crippen LogP contribution in [0.1, 0.15) is 47.0 Å². The van der Waals surface area contributed by atoms with Gasteiger partial charge in [0.2, 0.25) is 0 Å². The Hall–Kier alpha value is -1.10. The average molecular weight is 274 g/mol. The molecule has 0 fully saturated rings. The first-order valence-electron chi connectivity index (χ1n) is 6.74. The summed E-state index contributed by atoms with van der Waals surface area (Å²) in [6.07, 6.45) is 2.97. The van der Waals surface area contributed by atoms with E-state index < -0.39 is 11.9 Å². The van der Waals surface area contributed by atoms with Gasteiger partial charge in [0, 0.05) is 0 Å². The van der Waals surface area contributed by atoms with Gasteiger partial charge < -0.3 is 14.2 Å². The Bertz CT molecular complexity index is 268. The van der Waals surface area contributed by atoms with Gasteiger partial charge in [-0.1, -0.05) is 40.5 Å². The molecule has 0 spiro atoms. The number of carbonyl (C=O) groups excluding carboxylic acids is 2. The molecular formula is C14H26O5. The molecule has 0 rings (SSSR count). The summed E-state index contributed by atoms with van der Waals surface area (Å²) in [6, 6.07) is 0. The predicted octanol–water partition coefficient (Wildman–Crippen LogP) is 2.33. The number of hydrogen-bond acceptors (Lipinski definition) is 5. The number of rotatable bonds is 9. The zero-order valence-corrected chi connectivity index (χ0v) is 12.5. The van der Waals surface area contributed by atoms with E-state index in [1.807, 2.05) is 20.8 Å². The minimum Gasteiger partial charge on any atom is -0.464 e. The van der Waals surface area contributed by atoms with Crippen molar-refractivity contribution in [1.29, 1.82) is 0 Å². The smallest absolute Gasteiger partial charge is 0.332 e. The fourth-order valence-electron chi connectivity index (χ4n) is 1.14. The molecule has 0 atom stereocenters. The molecule has 0 aromatic heterocycles. The molecule has 0 aliphatic heterocycles. The predicted molar refractivity (Wildman–Crippen MR) is 71.7 cm³/mol. The van der Waals surface area contributed by atoms with Gasteiger partial charge in [0.1, 0.15) is 13.2 Å². The van der Waals surface area contributed by atoms with Crippen LogP contribution in [0.25, 0.3) is 0 Å². The van der Waals surface area contributed by atoms with Crippen molar-refractivity contribution in [2.24, 2.45) is 5.41 Å². The highest BCUT2D eigenvalue weighted by atomic mass is 16.6. The molecule has 0 radical (unpaired) electrons. The summed E-state index contributed by atoms with van der Waals surface area (Å²) in [5.74, 6) is -0.909. The van der Waals surface area contributed by atoms with Crippen molar-refractivity contribution in [2.45, 2.75) is 47.0 Å². The molecule has 0 aromatic rings. The Labute approximate surface area is 115 Å². The van der Waals surface area contributed by atoms with Crippen LogP contribution in [0.4, 0.5) is 0 Å². The van der Waals surface area contributed by atoms with Gasteiger partial charge in [-0.05, 0) is 11.8 Å². The number of esters is 2. The van der Waals surface area contributed by atoms with Gasteiger partial charge in [-0.2, -0.15) is 0 Å². The third kappa shape index (κ3) is 13.1. The van der Waals surface area contributed by atoms with Crippen LogP contribution in [0, 0.1) is 5.41 Å². The number of hydrogen-bond donors (Lipinski definition) is 0. The fourth-order valence-corrected chi connectivity index (χ4v) is 1.14. The summed E-state index contributed by atoms with van der Waals surface area (Å²) in [4.78, 5) is 22.5. The lowest BCUT2D eigenvalue weighted by atomic mass is 9.99. The van der Waals surface area contributed by atoms with E-state index in [4.69, 9.17) is 14.2 Å². The average Bonchev–Trinajstić information content (AvgIpc) is 2.31. The Morgan fingerprint density at radius 3 is 2.05 bits per heavy atom. The van der Waals surface area contributed by atoms with Crippen LogP contribution in [0.3, 0.4) is 0 Å². The molecule has 0 heterocycles. The highest BCUT2D eigenvalue weighted by Crippen LogP contribution is 2.12. The first kappa shape index (κ1) is 17.9. The van der Waals surface area contributed by atoms with E-state index >= 15 is 0 Å². The molecule has 0 aromatic carbocycles. The lowest BCUT2D eigenvalue weighted by Gasteiger charge is -2.17. The number of ether oxygens (including phenoxy) is 3. The summed E-state index contributed by atoms with van der Waals surface area (Å²) in [7, 11) is 0. The van der Waals surface area contributed by atoms with Crippen LogP contribution in [0.15, 0.2) is 0 Å². The third-order valence-electron chi connectivity index (χ3n) is 2.12. The molecule has 0 N–H and O–H groups in total. The highest BCUT2D eigenvalue weighted by molar-refractivity contribution is 5.73. The van der Waals surface area contributed by atoms with Crippen molar-refractivity contribution in [2.75, 3.05) is 26.4 Å². The summed E-state index contributed by atoms with van der Waals surface area (Å²) < 4.78 is 14.8. The highest BCUT2D eigenvalue weighted by Gasteiger charge is 2.14. The van der Waals surface area contributed by atoms with Crippen molar-refractivity contribution < 1.29 is 23.8 Å². The van der Waals surface area contributed by atoms with Gasteiger partial charge >= 0.3 is 11.9 Å². The summed E-state index contributed by atoms with van der Waals surface area (Å²) >= 11 is 0. The van der Waals surface area contributed by atoms with E-state index in [1.54, 1.807) is 0 Å². The Morgan fingerprint density at radius 1 is 0.947 bits per heavy atom. The summed E-state index contributed by atoms with van der Waals surface area (Å²) in [5, 5.41) is 0. The van der Waals surface area contributed by atoms with Crippen molar-refractivity contribution >= 4 is 11.9 Å². The Kier molecular flexibility index (Phi) is 9.21. The maximum absolute atomic E-state index is 11.3. The van der Waals surface area contributed by atoms with Crippen molar-refractivity contribution in [3.63, 3.8) is 0 Å². The molecule has 112 valence electrons. The first-order valence-corrected chi connectivity index (χ1v) is 6.74. The molecule has 0 aliphatic carbocycles. The second-order valence-electron chi connectivity index (χ2n) is 5.64. The van der Waals surface area contributed by atoms with Gasteiger partial charge in [-0.15, -0.1) is 0 Å².